The molecule has 68 valence electrons. The van der Waals surface area contributed by atoms with Gasteiger partial charge in [-0.3, -0.25) is 4.57 Å². The highest BCUT2D eigenvalue weighted by molar-refractivity contribution is 7.52. The summed E-state index contributed by atoms with van der Waals surface area (Å²) in [5.74, 6) is 0. The molecule has 0 heterocycles. The number of hydrogen-bond donors (Lipinski definition) is 2. The van der Waals surface area contributed by atoms with Crippen molar-refractivity contribution in [1.82, 2.24) is 0 Å². The fraction of sp³-hybridized carbons (Fsp3) is 1.00. The van der Waals surface area contributed by atoms with Gasteiger partial charge in [-0.2, -0.15) is 0 Å². The second-order valence-electron chi connectivity index (χ2n) is 1.39. The van der Waals surface area contributed by atoms with E-state index in [1.807, 2.05) is 0 Å². The summed E-state index contributed by atoms with van der Waals surface area (Å²) >= 11 is 0. The first-order valence-corrected chi connectivity index (χ1v) is 5.55. The first-order valence-electron chi connectivity index (χ1n) is 2.39. The minimum Gasteiger partial charge on any atom is -0.312 e. The van der Waals surface area contributed by atoms with Crippen LogP contribution < -0.4 is 0 Å². The molecule has 0 unspecified atom stereocenters. The average molecular weight is 205 g/mol. The Morgan fingerprint density at radius 3 is 1.45 bits per heavy atom. The van der Waals surface area contributed by atoms with Crippen molar-refractivity contribution in [2.75, 3.05) is 20.9 Å². The van der Waals surface area contributed by atoms with Gasteiger partial charge in [0.15, 0.2) is 0 Å². The highest BCUT2D eigenvalue weighted by Crippen LogP contribution is 2.40. The second kappa shape index (κ2) is 6.85. The van der Waals surface area contributed by atoms with Gasteiger partial charge < -0.3 is 9.05 Å². The molecule has 11 heavy (non-hydrogen) atoms. The highest BCUT2D eigenvalue weighted by Gasteiger charge is 2.08. The molecule has 0 amide bonds. The van der Waals surface area contributed by atoms with E-state index >= 15 is 0 Å². The molecular formula is C3H11O6P2+. The van der Waals surface area contributed by atoms with E-state index in [0.717, 1.165) is 0 Å². The zero-order chi connectivity index (χ0) is 9.49. The summed E-state index contributed by atoms with van der Waals surface area (Å²) in [5.41, 5.74) is 0. The van der Waals surface area contributed by atoms with E-state index < -0.39 is 15.9 Å². The van der Waals surface area contributed by atoms with E-state index in [0.29, 0.717) is 0 Å². The summed E-state index contributed by atoms with van der Waals surface area (Å²) in [6.07, 6.45) is 0. The topological polar surface area (TPSA) is 93.1 Å². The summed E-state index contributed by atoms with van der Waals surface area (Å²) in [6, 6.07) is 0. The lowest BCUT2D eigenvalue weighted by atomic mass is 11.8. The molecule has 2 N–H and O–H groups in total. The molecule has 0 spiro atoms. The molecule has 0 aromatic heterocycles. The Balaban J connectivity index is 0. The molecule has 8 heteroatoms. The molecule has 0 aliphatic carbocycles. The van der Waals surface area contributed by atoms with E-state index in [1.165, 1.54) is 20.9 Å². The van der Waals surface area contributed by atoms with Gasteiger partial charge in [0, 0.05) is 25.4 Å². The lowest BCUT2D eigenvalue weighted by Gasteiger charge is -2.04. The van der Waals surface area contributed by atoms with Gasteiger partial charge in [0.05, 0.1) is 0 Å². The van der Waals surface area contributed by atoms with Crippen LogP contribution in [-0.4, -0.2) is 30.7 Å². The molecule has 0 aliphatic rings. The summed E-state index contributed by atoms with van der Waals surface area (Å²) < 4.78 is 28.1. The summed E-state index contributed by atoms with van der Waals surface area (Å²) in [6.45, 7) is 1.41. The monoisotopic (exact) mass is 205 g/mol. The Morgan fingerprint density at radius 1 is 1.27 bits per heavy atom. The Hall–Kier alpha value is 0.170. The Bertz CT molecular complexity index is 144. The van der Waals surface area contributed by atoms with Crippen LogP contribution in [0.1, 0.15) is 0 Å². The predicted octanol–water partition coefficient (Wildman–Crippen LogP) is 0.730. The van der Waals surface area contributed by atoms with E-state index in [1.54, 1.807) is 0 Å². The Labute approximate surface area is 65.6 Å². The van der Waals surface area contributed by atoms with Crippen LogP contribution in [0.2, 0.25) is 0 Å². The van der Waals surface area contributed by atoms with Gasteiger partial charge in [-0.05, 0) is 0 Å². The zero-order valence-corrected chi connectivity index (χ0v) is 8.21. The summed E-state index contributed by atoms with van der Waals surface area (Å²) in [4.78, 5) is 14.2. The van der Waals surface area contributed by atoms with Crippen LogP contribution in [-0.2, 0) is 18.2 Å². The second-order valence-corrected chi connectivity index (χ2v) is 4.17. The van der Waals surface area contributed by atoms with Crippen LogP contribution in [0.15, 0.2) is 0 Å². The van der Waals surface area contributed by atoms with Gasteiger partial charge in [0.1, 0.15) is 0 Å². The molecule has 0 bridgehead atoms. The minimum atomic E-state index is -2.87. The average Bonchev–Trinajstić information content (AvgIpc) is 1.87. The van der Waals surface area contributed by atoms with E-state index in [2.05, 4.69) is 9.05 Å². The fourth-order valence-corrected chi connectivity index (χ4v) is 0.224. The summed E-state index contributed by atoms with van der Waals surface area (Å²) in [5, 5.41) is 0. The first-order chi connectivity index (χ1) is 4.85. The SMILES string of the molecule is COP(C)(=O)OC.O=[P+](O)O. The van der Waals surface area contributed by atoms with Gasteiger partial charge >= 0.3 is 15.9 Å². The molecular weight excluding hydrogens is 194 g/mol. The molecule has 0 aliphatic heterocycles. The van der Waals surface area contributed by atoms with Gasteiger partial charge in [0.2, 0.25) is 0 Å². The maximum atomic E-state index is 10.5. The molecule has 0 fully saturated rings. The van der Waals surface area contributed by atoms with Crippen LogP contribution in [0.3, 0.4) is 0 Å². The normalized spacial score (nSPS) is 9.91. The maximum Gasteiger partial charge on any atom is 0.692 e. The van der Waals surface area contributed by atoms with Gasteiger partial charge in [-0.1, -0.05) is 0 Å². The highest BCUT2D eigenvalue weighted by atomic mass is 31.2. The van der Waals surface area contributed by atoms with E-state index in [4.69, 9.17) is 14.4 Å². The van der Waals surface area contributed by atoms with Crippen LogP contribution in [0, 0.1) is 0 Å². The van der Waals surface area contributed by atoms with Crippen LogP contribution in [0.4, 0.5) is 0 Å². The molecule has 0 saturated heterocycles. The van der Waals surface area contributed by atoms with Crippen molar-refractivity contribution in [1.29, 1.82) is 0 Å². The van der Waals surface area contributed by atoms with Crippen molar-refractivity contribution >= 4 is 15.9 Å². The molecule has 0 saturated carbocycles. The van der Waals surface area contributed by atoms with Gasteiger partial charge in [-0.25, -0.2) is 0 Å². The van der Waals surface area contributed by atoms with Crippen molar-refractivity contribution < 1.29 is 28.0 Å². The zero-order valence-electron chi connectivity index (χ0n) is 6.42. The number of rotatable bonds is 2. The van der Waals surface area contributed by atoms with Crippen molar-refractivity contribution in [2.24, 2.45) is 0 Å². The van der Waals surface area contributed by atoms with Crippen molar-refractivity contribution in [2.45, 2.75) is 0 Å². The quantitative estimate of drug-likeness (QED) is 0.645. The largest absolute Gasteiger partial charge is 0.692 e. The van der Waals surface area contributed by atoms with Gasteiger partial charge in [-0.15, -0.1) is 9.79 Å². The first kappa shape index (κ1) is 13.7. The van der Waals surface area contributed by atoms with E-state index in [9.17, 15) is 4.57 Å². The maximum absolute atomic E-state index is 10.5. The minimum absolute atomic E-state index is 1.35. The third-order valence-corrected chi connectivity index (χ3v) is 1.99. The van der Waals surface area contributed by atoms with Crippen LogP contribution in [0.5, 0.6) is 0 Å². The smallest absolute Gasteiger partial charge is 0.312 e. The fourth-order valence-electron chi connectivity index (χ4n) is 0.0745. The predicted molar refractivity (Wildman–Crippen MR) is 39.6 cm³/mol. The Morgan fingerprint density at radius 2 is 1.45 bits per heavy atom. The standard InChI is InChI=1S/C3H9O3P.HO3P/c1-5-7(3,4)6-2;1-4(2)3/h1-3H3;(H-,1,2,3)/p+1. The lowest BCUT2D eigenvalue weighted by molar-refractivity contribution is 0.282. The van der Waals surface area contributed by atoms with Crippen LogP contribution in [0.25, 0.3) is 0 Å². The third kappa shape index (κ3) is 17.8. The van der Waals surface area contributed by atoms with E-state index in [-0.39, 0.29) is 0 Å². The molecule has 0 radical (unpaired) electrons. The lowest BCUT2D eigenvalue weighted by Crippen LogP contribution is -1.82. The molecule has 0 aromatic carbocycles. The van der Waals surface area contributed by atoms with Crippen molar-refractivity contribution in [3.8, 4) is 0 Å². The number of hydrogen-bond acceptors (Lipinski definition) is 4. The van der Waals surface area contributed by atoms with Crippen LogP contribution >= 0.6 is 15.9 Å². The summed E-state index contributed by atoms with van der Waals surface area (Å²) in [7, 11) is -2.82. The molecule has 0 atom stereocenters. The van der Waals surface area contributed by atoms with Crippen molar-refractivity contribution in [3.05, 3.63) is 0 Å². The molecule has 6 nitrogen and oxygen atoms in total. The molecule has 0 rings (SSSR count). The third-order valence-electron chi connectivity index (χ3n) is 0.663. The van der Waals surface area contributed by atoms with Crippen molar-refractivity contribution in [3.63, 3.8) is 0 Å². The Kier molecular flexibility index (Phi) is 8.56. The molecule has 0 aromatic rings. The van der Waals surface area contributed by atoms with Gasteiger partial charge in [0.25, 0.3) is 0 Å².